The van der Waals surface area contributed by atoms with Gasteiger partial charge in [0, 0.05) is 31.3 Å². The Labute approximate surface area is 144 Å². The van der Waals surface area contributed by atoms with Crippen LogP contribution in [0.5, 0.6) is 0 Å². The van der Waals surface area contributed by atoms with E-state index in [-0.39, 0.29) is 24.2 Å². The van der Waals surface area contributed by atoms with Gasteiger partial charge in [0.1, 0.15) is 5.78 Å². The molecule has 23 heavy (non-hydrogen) atoms. The van der Waals surface area contributed by atoms with Crippen LogP contribution in [0.2, 0.25) is 0 Å². The Morgan fingerprint density at radius 1 is 0.913 bits per heavy atom. The molecular formula is C20H24ClNO. The monoisotopic (exact) mass is 329 g/mol. The number of rotatable bonds is 3. The van der Waals surface area contributed by atoms with E-state index in [2.05, 4.69) is 67.7 Å². The Kier molecular flexibility index (Phi) is 5.97. The summed E-state index contributed by atoms with van der Waals surface area (Å²) >= 11 is 0. The fourth-order valence-electron chi connectivity index (χ4n) is 3.28. The normalized spacial score (nSPS) is 17.9. The predicted octanol–water partition coefficient (Wildman–Crippen LogP) is 4.04. The number of carbonyl (C=O) groups is 1. The molecule has 0 aromatic heterocycles. The van der Waals surface area contributed by atoms with E-state index in [9.17, 15) is 4.79 Å². The number of hydrogen-bond acceptors (Lipinski definition) is 2. The van der Waals surface area contributed by atoms with Crippen molar-refractivity contribution in [2.75, 3.05) is 13.1 Å². The average Bonchev–Trinajstić information content (AvgIpc) is 2.53. The summed E-state index contributed by atoms with van der Waals surface area (Å²) in [7, 11) is 0. The number of nitrogens with one attached hydrogen (secondary N) is 1. The second kappa shape index (κ2) is 7.76. The summed E-state index contributed by atoms with van der Waals surface area (Å²) in [6, 6.07) is 17.2. The summed E-state index contributed by atoms with van der Waals surface area (Å²) < 4.78 is 0. The molecule has 1 aliphatic heterocycles. The third kappa shape index (κ3) is 4.01. The molecular weight excluding hydrogens is 306 g/mol. The second-order valence-corrected chi connectivity index (χ2v) is 6.33. The molecule has 0 amide bonds. The van der Waals surface area contributed by atoms with Crippen molar-refractivity contribution < 1.29 is 4.79 Å². The van der Waals surface area contributed by atoms with E-state index in [0.717, 1.165) is 13.1 Å². The van der Waals surface area contributed by atoms with Crippen LogP contribution >= 0.6 is 12.4 Å². The molecule has 3 heteroatoms. The lowest BCUT2D eigenvalue weighted by molar-refractivity contribution is -0.124. The van der Waals surface area contributed by atoms with Gasteiger partial charge in [-0.3, -0.25) is 4.79 Å². The highest BCUT2D eigenvalue weighted by Crippen LogP contribution is 2.34. The number of aryl methyl sites for hydroxylation is 2. The third-order valence-corrected chi connectivity index (χ3v) is 4.60. The maximum Gasteiger partial charge on any atom is 0.139 e. The van der Waals surface area contributed by atoms with Gasteiger partial charge in [0.25, 0.3) is 0 Å². The highest BCUT2D eigenvalue weighted by atomic mass is 35.5. The molecule has 1 N–H and O–H groups in total. The highest BCUT2D eigenvalue weighted by Gasteiger charge is 2.32. The van der Waals surface area contributed by atoms with E-state index in [4.69, 9.17) is 0 Å². The van der Waals surface area contributed by atoms with Crippen molar-refractivity contribution in [1.29, 1.82) is 0 Å². The Morgan fingerprint density at radius 3 is 1.83 bits per heavy atom. The molecule has 1 saturated heterocycles. The Balaban J connectivity index is 0.00000192. The van der Waals surface area contributed by atoms with Crippen LogP contribution in [-0.4, -0.2) is 18.9 Å². The summed E-state index contributed by atoms with van der Waals surface area (Å²) in [5, 5.41) is 3.39. The van der Waals surface area contributed by atoms with Gasteiger partial charge in [0.05, 0.1) is 0 Å². The first-order valence-electron chi connectivity index (χ1n) is 8.02. The molecule has 3 rings (SSSR count). The van der Waals surface area contributed by atoms with Crippen LogP contribution in [0, 0.1) is 19.8 Å². The molecule has 0 saturated carbocycles. The van der Waals surface area contributed by atoms with E-state index in [1.165, 1.54) is 22.3 Å². The Bertz CT molecular complexity index is 603. The summed E-state index contributed by atoms with van der Waals surface area (Å²) in [4.78, 5) is 12.5. The van der Waals surface area contributed by atoms with Crippen molar-refractivity contribution in [3.05, 3.63) is 70.8 Å². The van der Waals surface area contributed by atoms with Crippen LogP contribution in [0.4, 0.5) is 0 Å². The van der Waals surface area contributed by atoms with Gasteiger partial charge in [0.2, 0.25) is 0 Å². The first-order valence-corrected chi connectivity index (χ1v) is 8.02. The number of ketones is 1. The largest absolute Gasteiger partial charge is 0.316 e. The molecule has 0 bridgehead atoms. The zero-order valence-electron chi connectivity index (χ0n) is 13.7. The van der Waals surface area contributed by atoms with Crippen molar-refractivity contribution in [3.63, 3.8) is 0 Å². The molecule has 2 aromatic rings. The summed E-state index contributed by atoms with van der Waals surface area (Å²) in [6.07, 6.45) is 0.638. The molecule has 122 valence electrons. The highest BCUT2D eigenvalue weighted by molar-refractivity contribution is 5.85. The lowest BCUT2D eigenvalue weighted by atomic mass is 9.76. The SMILES string of the molecule is Cc1ccc(C(c2ccc(C)cc2)C2CNCCC2=O)cc1.Cl. The number of carbonyl (C=O) groups excluding carboxylic acids is 1. The minimum atomic E-state index is 0. The van der Waals surface area contributed by atoms with E-state index < -0.39 is 0 Å². The molecule has 1 unspecified atom stereocenters. The fraction of sp³-hybridized carbons (Fsp3) is 0.350. The first-order chi connectivity index (χ1) is 10.6. The van der Waals surface area contributed by atoms with Crippen molar-refractivity contribution >= 4 is 18.2 Å². The quantitative estimate of drug-likeness (QED) is 0.921. The first kappa shape index (κ1) is 17.7. The van der Waals surface area contributed by atoms with Crippen molar-refractivity contribution in [3.8, 4) is 0 Å². The maximum absolute atomic E-state index is 12.5. The van der Waals surface area contributed by atoms with Crippen LogP contribution in [0.1, 0.15) is 34.6 Å². The fourth-order valence-corrected chi connectivity index (χ4v) is 3.28. The van der Waals surface area contributed by atoms with Gasteiger partial charge in [-0.05, 0) is 25.0 Å². The van der Waals surface area contributed by atoms with Gasteiger partial charge in [-0.15, -0.1) is 12.4 Å². The topological polar surface area (TPSA) is 29.1 Å². The Hall–Kier alpha value is -1.64. The molecule has 1 heterocycles. The molecule has 1 aliphatic rings. The number of piperidine rings is 1. The molecule has 0 spiro atoms. The number of halogens is 1. The van der Waals surface area contributed by atoms with Gasteiger partial charge in [0.15, 0.2) is 0 Å². The van der Waals surface area contributed by atoms with Gasteiger partial charge in [-0.1, -0.05) is 59.7 Å². The van der Waals surface area contributed by atoms with Gasteiger partial charge >= 0.3 is 0 Å². The van der Waals surface area contributed by atoms with Crippen LogP contribution in [0.25, 0.3) is 0 Å². The van der Waals surface area contributed by atoms with Crippen molar-refractivity contribution in [2.45, 2.75) is 26.2 Å². The third-order valence-electron chi connectivity index (χ3n) is 4.60. The van der Waals surface area contributed by atoms with E-state index >= 15 is 0 Å². The predicted molar refractivity (Wildman–Crippen MR) is 97.4 cm³/mol. The van der Waals surface area contributed by atoms with Gasteiger partial charge in [-0.25, -0.2) is 0 Å². The lowest BCUT2D eigenvalue weighted by Crippen LogP contribution is -2.40. The van der Waals surface area contributed by atoms with Crippen LogP contribution < -0.4 is 5.32 Å². The molecule has 2 aromatic carbocycles. The molecule has 1 atom stereocenters. The van der Waals surface area contributed by atoms with Gasteiger partial charge < -0.3 is 5.32 Å². The van der Waals surface area contributed by atoms with Crippen LogP contribution in [-0.2, 0) is 4.79 Å². The lowest BCUT2D eigenvalue weighted by Gasteiger charge is -2.30. The smallest absolute Gasteiger partial charge is 0.139 e. The second-order valence-electron chi connectivity index (χ2n) is 6.33. The Morgan fingerprint density at radius 2 is 1.39 bits per heavy atom. The molecule has 1 fully saturated rings. The van der Waals surface area contributed by atoms with Crippen molar-refractivity contribution in [2.24, 2.45) is 5.92 Å². The zero-order chi connectivity index (χ0) is 15.5. The van der Waals surface area contributed by atoms with Crippen LogP contribution in [0.15, 0.2) is 48.5 Å². The average molecular weight is 330 g/mol. The number of benzene rings is 2. The summed E-state index contributed by atoms with van der Waals surface area (Å²) in [5.74, 6) is 0.547. The summed E-state index contributed by atoms with van der Waals surface area (Å²) in [6.45, 7) is 5.77. The van der Waals surface area contributed by atoms with E-state index in [1.807, 2.05) is 0 Å². The number of hydrogen-bond donors (Lipinski definition) is 1. The standard InChI is InChI=1S/C20H23NO.ClH/c1-14-3-7-16(8-4-14)20(17-9-5-15(2)6-10-17)18-13-21-12-11-19(18)22;/h3-10,18,20-21H,11-13H2,1-2H3;1H. The maximum atomic E-state index is 12.5. The van der Waals surface area contributed by atoms with E-state index in [1.54, 1.807) is 0 Å². The molecule has 2 nitrogen and oxygen atoms in total. The van der Waals surface area contributed by atoms with Crippen molar-refractivity contribution in [1.82, 2.24) is 5.32 Å². The molecule has 0 radical (unpaired) electrons. The zero-order valence-corrected chi connectivity index (χ0v) is 14.5. The van der Waals surface area contributed by atoms with E-state index in [0.29, 0.717) is 12.2 Å². The number of Topliss-reactive ketones (excluding diaryl/α,β-unsaturated/α-hetero) is 1. The summed E-state index contributed by atoms with van der Waals surface area (Å²) in [5.41, 5.74) is 4.96. The molecule has 0 aliphatic carbocycles. The minimum absolute atomic E-state index is 0. The van der Waals surface area contributed by atoms with Gasteiger partial charge in [-0.2, -0.15) is 0 Å². The minimum Gasteiger partial charge on any atom is -0.316 e. The van der Waals surface area contributed by atoms with Crippen LogP contribution in [0.3, 0.4) is 0 Å².